The van der Waals surface area contributed by atoms with Crippen LogP contribution in [0.2, 0.25) is 0 Å². The van der Waals surface area contributed by atoms with Crippen LogP contribution in [0.15, 0.2) is 52.2 Å². The zero-order chi connectivity index (χ0) is 17.6. The van der Waals surface area contributed by atoms with E-state index in [4.69, 9.17) is 9.15 Å². The third kappa shape index (κ3) is 4.15. The SMILES string of the molecule is C/C(=N/NC(=O)c1ccoc1C)[C@H](c1ccccc1)[NH+]1CCOCC1. The summed E-state index contributed by atoms with van der Waals surface area (Å²) in [5.74, 6) is 0.332. The van der Waals surface area contributed by atoms with Crippen molar-refractivity contribution in [2.75, 3.05) is 26.3 Å². The topological polar surface area (TPSA) is 68.3 Å². The van der Waals surface area contributed by atoms with E-state index in [1.165, 1.54) is 16.7 Å². The van der Waals surface area contributed by atoms with Crippen molar-refractivity contribution in [3.63, 3.8) is 0 Å². The molecule has 25 heavy (non-hydrogen) atoms. The van der Waals surface area contributed by atoms with Gasteiger partial charge in [0.05, 0.1) is 30.8 Å². The fraction of sp³-hybridized carbons (Fsp3) is 0.368. The summed E-state index contributed by atoms with van der Waals surface area (Å²) in [6.45, 7) is 7.04. The highest BCUT2D eigenvalue weighted by Gasteiger charge is 2.29. The fourth-order valence-electron chi connectivity index (χ4n) is 3.22. The molecule has 132 valence electrons. The molecule has 1 aliphatic heterocycles. The Bertz CT molecular complexity index is 733. The molecule has 2 heterocycles. The van der Waals surface area contributed by atoms with Crippen LogP contribution in [0.3, 0.4) is 0 Å². The summed E-state index contributed by atoms with van der Waals surface area (Å²) >= 11 is 0. The summed E-state index contributed by atoms with van der Waals surface area (Å²) in [6.07, 6.45) is 1.51. The maximum absolute atomic E-state index is 12.3. The van der Waals surface area contributed by atoms with E-state index >= 15 is 0 Å². The predicted molar refractivity (Wildman–Crippen MR) is 94.7 cm³/mol. The Morgan fingerprint density at radius 1 is 1.20 bits per heavy atom. The zero-order valence-electron chi connectivity index (χ0n) is 14.6. The largest absolute Gasteiger partial charge is 0.469 e. The molecule has 0 aliphatic carbocycles. The molecule has 0 unspecified atom stereocenters. The van der Waals surface area contributed by atoms with Gasteiger partial charge in [0.2, 0.25) is 0 Å². The van der Waals surface area contributed by atoms with E-state index in [9.17, 15) is 4.79 Å². The van der Waals surface area contributed by atoms with E-state index in [2.05, 4.69) is 22.7 Å². The fourth-order valence-corrected chi connectivity index (χ4v) is 3.22. The molecule has 0 saturated carbocycles. The molecular formula is C19H24N3O3+. The van der Waals surface area contributed by atoms with Crippen LogP contribution in [0.25, 0.3) is 0 Å². The molecule has 1 fully saturated rings. The van der Waals surface area contributed by atoms with Gasteiger partial charge in [0.25, 0.3) is 5.91 Å². The van der Waals surface area contributed by atoms with Crippen molar-refractivity contribution in [2.24, 2.45) is 5.10 Å². The molecule has 3 rings (SSSR count). The quantitative estimate of drug-likeness (QED) is 0.637. The van der Waals surface area contributed by atoms with E-state index < -0.39 is 0 Å². The molecule has 1 aromatic carbocycles. The molecule has 2 N–H and O–H groups in total. The summed E-state index contributed by atoms with van der Waals surface area (Å²) in [6, 6.07) is 12.0. The summed E-state index contributed by atoms with van der Waals surface area (Å²) in [5.41, 5.74) is 5.23. The number of amides is 1. The van der Waals surface area contributed by atoms with Crippen LogP contribution in [0, 0.1) is 6.92 Å². The van der Waals surface area contributed by atoms with Gasteiger partial charge in [0.15, 0.2) is 6.04 Å². The first-order valence-corrected chi connectivity index (χ1v) is 8.52. The van der Waals surface area contributed by atoms with Crippen molar-refractivity contribution in [3.8, 4) is 0 Å². The number of hydrazone groups is 1. The lowest BCUT2D eigenvalue weighted by atomic mass is 10.0. The molecule has 1 aromatic heterocycles. The van der Waals surface area contributed by atoms with Crippen LogP contribution in [0.1, 0.15) is 34.6 Å². The molecule has 0 radical (unpaired) electrons. The number of benzene rings is 1. The number of nitrogens with one attached hydrogen (secondary N) is 2. The summed E-state index contributed by atoms with van der Waals surface area (Å²) in [7, 11) is 0. The second-order valence-corrected chi connectivity index (χ2v) is 6.20. The zero-order valence-corrected chi connectivity index (χ0v) is 14.6. The van der Waals surface area contributed by atoms with Gasteiger partial charge in [-0.2, -0.15) is 5.10 Å². The van der Waals surface area contributed by atoms with E-state index in [0.717, 1.165) is 32.0 Å². The third-order valence-corrected chi connectivity index (χ3v) is 4.53. The molecule has 6 heteroatoms. The number of rotatable bonds is 5. The number of carbonyl (C=O) groups is 1. The Hall–Kier alpha value is -2.44. The normalized spacial score (nSPS) is 17.3. The standard InChI is InChI=1S/C19H23N3O3/c1-14(20-21-19(23)17-8-11-25-15(17)2)18(16-6-4-3-5-7-16)22-9-12-24-13-10-22/h3-8,11,18H,9-10,12-13H2,1-2H3,(H,21,23)/p+1/b20-14-/t18-/m1/s1. The highest BCUT2D eigenvalue weighted by atomic mass is 16.5. The molecular weight excluding hydrogens is 318 g/mol. The van der Waals surface area contributed by atoms with E-state index in [1.807, 2.05) is 25.1 Å². The molecule has 0 bridgehead atoms. The minimum atomic E-state index is -0.255. The van der Waals surface area contributed by atoms with Gasteiger partial charge in [0.1, 0.15) is 18.8 Å². The lowest BCUT2D eigenvalue weighted by Crippen LogP contribution is -3.15. The number of morpholine rings is 1. The third-order valence-electron chi connectivity index (χ3n) is 4.53. The number of carbonyl (C=O) groups excluding carboxylic acids is 1. The van der Waals surface area contributed by atoms with Crippen molar-refractivity contribution in [2.45, 2.75) is 19.9 Å². The molecule has 2 aromatic rings. The second-order valence-electron chi connectivity index (χ2n) is 6.20. The van der Waals surface area contributed by atoms with Crippen LogP contribution < -0.4 is 10.3 Å². The van der Waals surface area contributed by atoms with Crippen LogP contribution >= 0.6 is 0 Å². The highest BCUT2D eigenvalue weighted by Crippen LogP contribution is 2.12. The van der Waals surface area contributed by atoms with Gasteiger partial charge < -0.3 is 14.1 Å². The number of aryl methyl sites for hydroxylation is 1. The van der Waals surface area contributed by atoms with Crippen LogP contribution in [-0.4, -0.2) is 37.9 Å². The molecule has 6 nitrogen and oxygen atoms in total. The van der Waals surface area contributed by atoms with Gasteiger partial charge in [-0.25, -0.2) is 5.43 Å². The summed E-state index contributed by atoms with van der Waals surface area (Å²) in [5, 5.41) is 4.39. The number of nitrogens with zero attached hydrogens (tertiary/aromatic N) is 1. The Morgan fingerprint density at radius 3 is 2.56 bits per heavy atom. The average molecular weight is 342 g/mol. The van der Waals surface area contributed by atoms with Crippen LogP contribution in [0.4, 0.5) is 0 Å². The highest BCUT2D eigenvalue weighted by molar-refractivity contribution is 5.96. The first-order valence-electron chi connectivity index (χ1n) is 8.52. The first-order chi connectivity index (χ1) is 12.2. The van der Waals surface area contributed by atoms with Gasteiger partial charge in [-0.05, 0) is 19.9 Å². The van der Waals surface area contributed by atoms with Gasteiger partial charge >= 0.3 is 0 Å². The van der Waals surface area contributed by atoms with E-state index in [1.54, 1.807) is 13.0 Å². The number of quaternary nitrogens is 1. The lowest BCUT2D eigenvalue weighted by molar-refractivity contribution is -0.928. The smallest absolute Gasteiger partial charge is 0.274 e. The molecule has 1 amide bonds. The Balaban J connectivity index is 1.79. The van der Waals surface area contributed by atoms with Gasteiger partial charge in [-0.15, -0.1) is 0 Å². The molecule has 1 saturated heterocycles. The maximum atomic E-state index is 12.3. The number of hydrogen-bond acceptors (Lipinski definition) is 4. The van der Waals surface area contributed by atoms with Crippen molar-refractivity contribution >= 4 is 11.6 Å². The van der Waals surface area contributed by atoms with E-state index in [-0.39, 0.29) is 11.9 Å². The molecule has 0 spiro atoms. The predicted octanol–water partition coefficient (Wildman–Crippen LogP) is 1.35. The Labute approximate surface area is 147 Å². The summed E-state index contributed by atoms with van der Waals surface area (Å²) < 4.78 is 10.7. The van der Waals surface area contributed by atoms with Crippen LogP contribution in [-0.2, 0) is 4.74 Å². The van der Waals surface area contributed by atoms with Gasteiger partial charge in [0, 0.05) is 5.56 Å². The first kappa shape index (κ1) is 17.4. The average Bonchev–Trinajstić information content (AvgIpc) is 3.08. The molecule has 1 aliphatic rings. The van der Waals surface area contributed by atoms with Crippen molar-refractivity contribution in [1.82, 2.24) is 5.43 Å². The minimum absolute atomic E-state index is 0.0934. The monoisotopic (exact) mass is 342 g/mol. The maximum Gasteiger partial charge on any atom is 0.274 e. The number of ether oxygens (including phenoxy) is 1. The van der Waals surface area contributed by atoms with Crippen molar-refractivity contribution in [3.05, 3.63) is 59.5 Å². The van der Waals surface area contributed by atoms with Gasteiger partial charge in [-0.3, -0.25) is 4.79 Å². The summed E-state index contributed by atoms with van der Waals surface area (Å²) in [4.78, 5) is 13.7. The minimum Gasteiger partial charge on any atom is -0.469 e. The molecule has 1 atom stereocenters. The Morgan fingerprint density at radius 2 is 1.92 bits per heavy atom. The van der Waals surface area contributed by atoms with Crippen LogP contribution in [0.5, 0.6) is 0 Å². The van der Waals surface area contributed by atoms with E-state index in [0.29, 0.717) is 11.3 Å². The number of hydrogen-bond donors (Lipinski definition) is 2. The lowest BCUT2D eigenvalue weighted by Gasteiger charge is -2.31. The Kier molecular flexibility index (Phi) is 5.63. The second kappa shape index (κ2) is 8.09. The van der Waals surface area contributed by atoms with Crippen molar-refractivity contribution < 1.29 is 18.8 Å². The number of furan rings is 1. The van der Waals surface area contributed by atoms with Gasteiger partial charge in [-0.1, -0.05) is 30.3 Å². The van der Waals surface area contributed by atoms with Crippen molar-refractivity contribution in [1.29, 1.82) is 0 Å².